The molecule has 1 saturated heterocycles. The van der Waals surface area contributed by atoms with E-state index in [2.05, 4.69) is 28.2 Å². The van der Waals surface area contributed by atoms with Crippen molar-refractivity contribution in [2.24, 2.45) is 17.8 Å². The smallest absolute Gasteiger partial charge is 0.236 e. The topological polar surface area (TPSA) is 33.4 Å². The van der Waals surface area contributed by atoms with E-state index in [1.54, 1.807) is 0 Å². The van der Waals surface area contributed by atoms with Crippen LogP contribution in [0.4, 0.5) is 10.2 Å². The zero-order valence-electron chi connectivity index (χ0n) is 12.2. The van der Waals surface area contributed by atoms with E-state index in [9.17, 15) is 4.39 Å². The SMILES string of the molecule is FCC[C@@H]1[C@H]2CN(c3ccn4c(n3)nc3ccccc34)C[C@@H]12. The molecule has 1 aromatic carbocycles. The molecule has 3 aromatic rings. The first-order valence-corrected chi connectivity index (χ1v) is 7.90. The Morgan fingerprint density at radius 3 is 2.73 bits per heavy atom. The molecule has 1 aliphatic carbocycles. The highest BCUT2D eigenvalue weighted by molar-refractivity contribution is 5.79. The number of hydrogen-bond donors (Lipinski definition) is 0. The van der Waals surface area contributed by atoms with Gasteiger partial charge in [0.15, 0.2) is 0 Å². The van der Waals surface area contributed by atoms with Gasteiger partial charge in [-0.05, 0) is 42.4 Å². The third-order valence-corrected chi connectivity index (χ3v) is 5.30. The van der Waals surface area contributed by atoms with Gasteiger partial charge in [-0.15, -0.1) is 0 Å². The lowest BCUT2D eigenvalue weighted by atomic mass is 10.2. The average molecular weight is 296 g/mol. The van der Waals surface area contributed by atoms with Gasteiger partial charge >= 0.3 is 0 Å². The molecule has 22 heavy (non-hydrogen) atoms. The van der Waals surface area contributed by atoms with Crippen LogP contribution in [0.25, 0.3) is 16.8 Å². The zero-order chi connectivity index (χ0) is 14.7. The van der Waals surface area contributed by atoms with Crippen molar-refractivity contribution in [1.82, 2.24) is 14.4 Å². The lowest BCUT2D eigenvalue weighted by Gasteiger charge is -2.20. The Hall–Kier alpha value is -2.17. The fourth-order valence-corrected chi connectivity index (χ4v) is 4.11. The largest absolute Gasteiger partial charge is 0.356 e. The van der Waals surface area contributed by atoms with Crippen LogP contribution in [-0.4, -0.2) is 34.1 Å². The van der Waals surface area contributed by atoms with Gasteiger partial charge in [0.2, 0.25) is 5.78 Å². The molecule has 0 amide bonds. The first kappa shape index (κ1) is 12.4. The number of halogens is 1. The minimum absolute atomic E-state index is 0.178. The van der Waals surface area contributed by atoms with E-state index >= 15 is 0 Å². The van der Waals surface area contributed by atoms with Gasteiger partial charge in [-0.3, -0.25) is 8.79 Å². The number of alkyl halides is 1. The molecule has 2 aliphatic rings. The number of para-hydroxylation sites is 2. The number of piperidine rings is 1. The summed E-state index contributed by atoms with van der Waals surface area (Å²) in [6.45, 7) is 1.85. The monoisotopic (exact) mass is 296 g/mol. The maximum Gasteiger partial charge on any atom is 0.236 e. The minimum atomic E-state index is -0.178. The second-order valence-electron chi connectivity index (χ2n) is 6.43. The molecule has 4 nitrogen and oxygen atoms in total. The van der Waals surface area contributed by atoms with Gasteiger partial charge in [0.1, 0.15) is 5.82 Å². The molecular formula is C17H17FN4. The summed E-state index contributed by atoms with van der Waals surface area (Å²) in [5.41, 5.74) is 2.06. The Kier molecular flexibility index (Phi) is 2.48. The molecule has 112 valence electrons. The molecule has 3 atom stereocenters. The van der Waals surface area contributed by atoms with Crippen LogP contribution in [0.3, 0.4) is 0 Å². The average Bonchev–Trinajstić information content (AvgIpc) is 2.93. The molecule has 3 heterocycles. The number of aromatic nitrogens is 3. The molecule has 0 bridgehead atoms. The van der Waals surface area contributed by atoms with E-state index in [4.69, 9.17) is 4.98 Å². The fraction of sp³-hybridized carbons (Fsp3) is 0.412. The Labute approximate surface area is 127 Å². The normalized spacial score (nSPS) is 26.8. The standard InChI is InChI=1S/C17H17FN4/c18-7-5-11-12-9-21(10-13(11)12)16-6-8-22-15-4-2-1-3-14(15)19-17(22)20-16/h1-4,6,8,11-13H,5,7,9-10H2/t11-,12-,13+. The molecule has 1 saturated carbocycles. The van der Waals surface area contributed by atoms with Crippen LogP contribution >= 0.6 is 0 Å². The Morgan fingerprint density at radius 2 is 1.91 bits per heavy atom. The molecule has 5 heteroatoms. The van der Waals surface area contributed by atoms with Crippen molar-refractivity contribution in [3.63, 3.8) is 0 Å². The molecule has 0 unspecified atom stereocenters. The molecule has 0 radical (unpaired) electrons. The van der Waals surface area contributed by atoms with Crippen LogP contribution in [-0.2, 0) is 0 Å². The molecule has 2 fully saturated rings. The summed E-state index contributed by atoms with van der Waals surface area (Å²) in [4.78, 5) is 11.6. The van der Waals surface area contributed by atoms with E-state index < -0.39 is 0 Å². The summed E-state index contributed by atoms with van der Waals surface area (Å²) in [5, 5.41) is 0. The van der Waals surface area contributed by atoms with E-state index in [1.807, 2.05) is 22.6 Å². The van der Waals surface area contributed by atoms with Crippen LogP contribution in [0.5, 0.6) is 0 Å². The second kappa shape index (κ2) is 4.41. The van der Waals surface area contributed by atoms with E-state index in [0.717, 1.165) is 42.1 Å². The van der Waals surface area contributed by atoms with E-state index in [1.165, 1.54) is 0 Å². The molecule has 0 spiro atoms. The first-order chi connectivity index (χ1) is 10.8. The number of fused-ring (bicyclic) bond motifs is 4. The molecular weight excluding hydrogens is 279 g/mol. The summed E-state index contributed by atoms with van der Waals surface area (Å²) >= 11 is 0. The van der Waals surface area contributed by atoms with Gasteiger partial charge < -0.3 is 4.90 Å². The third kappa shape index (κ3) is 1.68. The predicted octanol–water partition coefficient (Wildman–Crippen LogP) is 2.92. The highest BCUT2D eigenvalue weighted by Gasteiger charge is 2.55. The van der Waals surface area contributed by atoms with Crippen molar-refractivity contribution in [3.8, 4) is 0 Å². The second-order valence-corrected chi connectivity index (χ2v) is 6.43. The molecule has 1 aliphatic heterocycles. The third-order valence-electron chi connectivity index (χ3n) is 5.30. The molecule has 2 aromatic heterocycles. The van der Waals surface area contributed by atoms with Crippen molar-refractivity contribution < 1.29 is 4.39 Å². The van der Waals surface area contributed by atoms with E-state index in [0.29, 0.717) is 17.8 Å². The van der Waals surface area contributed by atoms with Crippen molar-refractivity contribution >= 4 is 22.6 Å². The van der Waals surface area contributed by atoms with Crippen molar-refractivity contribution in [2.75, 3.05) is 24.7 Å². The lowest BCUT2D eigenvalue weighted by Crippen LogP contribution is -2.25. The maximum absolute atomic E-state index is 12.4. The van der Waals surface area contributed by atoms with Gasteiger partial charge in [-0.1, -0.05) is 12.1 Å². The number of nitrogens with zero attached hydrogens (tertiary/aromatic N) is 4. The van der Waals surface area contributed by atoms with Gasteiger partial charge in [-0.2, -0.15) is 4.98 Å². The quantitative estimate of drug-likeness (QED) is 0.745. The van der Waals surface area contributed by atoms with Crippen molar-refractivity contribution in [1.29, 1.82) is 0 Å². The Bertz CT molecular complexity index is 846. The van der Waals surface area contributed by atoms with E-state index in [-0.39, 0.29) is 6.67 Å². The summed E-state index contributed by atoms with van der Waals surface area (Å²) < 4.78 is 14.5. The number of imidazole rings is 1. The van der Waals surface area contributed by atoms with Gasteiger partial charge in [0.25, 0.3) is 0 Å². The van der Waals surface area contributed by atoms with Gasteiger partial charge in [0.05, 0.1) is 17.7 Å². The van der Waals surface area contributed by atoms with Crippen LogP contribution < -0.4 is 4.90 Å². The number of benzene rings is 1. The zero-order valence-corrected chi connectivity index (χ0v) is 12.2. The summed E-state index contributed by atoms with van der Waals surface area (Å²) in [5.74, 6) is 3.70. The summed E-state index contributed by atoms with van der Waals surface area (Å²) in [7, 11) is 0. The van der Waals surface area contributed by atoms with Crippen molar-refractivity contribution in [2.45, 2.75) is 6.42 Å². The van der Waals surface area contributed by atoms with Crippen LogP contribution in [0.2, 0.25) is 0 Å². The molecule has 5 rings (SSSR count). The lowest BCUT2D eigenvalue weighted by molar-refractivity contribution is 0.431. The highest BCUT2D eigenvalue weighted by atomic mass is 19.1. The van der Waals surface area contributed by atoms with Crippen LogP contribution in [0.1, 0.15) is 6.42 Å². The Morgan fingerprint density at radius 1 is 1.09 bits per heavy atom. The van der Waals surface area contributed by atoms with Crippen LogP contribution in [0.15, 0.2) is 36.5 Å². The van der Waals surface area contributed by atoms with Crippen LogP contribution in [0, 0.1) is 17.8 Å². The molecule has 0 N–H and O–H groups in total. The highest BCUT2D eigenvalue weighted by Crippen LogP contribution is 2.54. The number of anilines is 1. The fourth-order valence-electron chi connectivity index (χ4n) is 4.11. The number of rotatable bonds is 3. The maximum atomic E-state index is 12.4. The summed E-state index contributed by atoms with van der Waals surface area (Å²) in [6.07, 6.45) is 2.79. The van der Waals surface area contributed by atoms with Crippen molar-refractivity contribution in [3.05, 3.63) is 36.5 Å². The van der Waals surface area contributed by atoms with Gasteiger partial charge in [-0.25, -0.2) is 4.98 Å². The number of hydrogen-bond acceptors (Lipinski definition) is 3. The Balaban J connectivity index is 1.46. The first-order valence-electron chi connectivity index (χ1n) is 7.90. The predicted molar refractivity (Wildman–Crippen MR) is 83.8 cm³/mol. The van der Waals surface area contributed by atoms with Gasteiger partial charge in [0, 0.05) is 19.3 Å². The minimum Gasteiger partial charge on any atom is -0.356 e. The summed E-state index contributed by atoms with van der Waals surface area (Å²) in [6, 6.07) is 10.1.